The molecule has 1 atom stereocenters. The lowest BCUT2D eigenvalue weighted by atomic mass is 10.0. The van der Waals surface area contributed by atoms with E-state index >= 15 is 0 Å². The maximum absolute atomic E-state index is 13.1. The van der Waals surface area contributed by atoms with E-state index in [2.05, 4.69) is 0 Å². The van der Waals surface area contributed by atoms with Gasteiger partial charge in [-0.2, -0.15) is 0 Å². The molecular weight excluding hydrogens is 279 g/mol. The molecule has 0 amide bonds. The van der Waals surface area contributed by atoms with Crippen LogP contribution in [0.3, 0.4) is 0 Å². The lowest BCUT2D eigenvalue weighted by Crippen LogP contribution is -2.12. The van der Waals surface area contributed by atoms with E-state index in [1.807, 2.05) is 5.38 Å². The topological polar surface area (TPSA) is 69.2 Å². The Morgan fingerprint density at radius 1 is 1.39 bits per heavy atom. The van der Waals surface area contributed by atoms with Crippen LogP contribution in [0.4, 0.5) is 10.1 Å². The molecule has 0 radical (unpaired) electrons. The Morgan fingerprint density at radius 3 is 2.67 bits per heavy atom. The van der Waals surface area contributed by atoms with Crippen molar-refractivity contribution in [3.05, 3.63) is 62.1 Å². The third kappa shape index (κ3) is 2.84. The van der Waals surface area contributed by atoms with Crippen LogP contribution in [0.25, 0.3) is 0 Å². The molecule has 0 aliphatic heterocycles. The van der Waals surface area contributed by atoms with Gasteiger partial charge in [0.2, 0.25) is 0 Å². The fraction of sp³-hybridized carbons (Fsp3) is 0.0909. The number of rotatable bonds is 3. The molecule has 18 heavy (non-hydrogen) atoms. The highest BCUT2D eigenvalue weighted by Crippen LogP contribution is 2.30. The van der Waals surface area contributed by atoms with Gasteiger partial charge >= 0.3 is 0 Å². The van der Waals surface area contributed by atoms with E-state index in [1.165, 1.54) is 11.3 Å². The Kier molecular flexibility index (Phi) is 4.77. The first-order valence-electron chi connectivity index (χ1n) is 4.82. The fourth-order valence-corrected chi connectivity index (χ4v) is 2.31. The van der Waals surface area contributed by atoms with Crippen molar-refractivity contribution >= 4 is 29.4 Å². The van der Waals surface area contributed by atoms with E-state index in [0.717, 1.165) is 23.1 Å². The van der Waals surface area contributed by atoms with Crippen molar-refractivity contribution < 1.29 is 9.31 Å². The molecule has 0 aliphatic rings. The zero-order valence-electron chi connectivity index (χ0n) is 9.08. The van der Waals surface area contributed by atoms with Crippen molar-refractivity contribution in [2.75, 3.05) is 0 Å². The standard InChI is InChI=1S/C11H9FN2O2S.ClH/c12-7-3-4-9(14(15)16)8(6-7)11(13)10-2-1-5-17-10;/h1-6,11H,13H2;1H/t11-;/m0./s1. The molecular formula is C11H10ClFN2O2S. The van der Waals surface area contributed by atoms with Crippen LogP contribution in [0, 0.1) is 15.9 Å². The summed E-state index contributed by atoms with van der Waals surface area (Å²) in [6, 6.07) is 6.20. The van der Waals surface area contributed by atoms with E-state index in [1.54, 1.807) is 12.1 Å². The molecule has 1 heterocycles. The molecule has 2 N–H and O–H groups in total. The molecule has 2 aromatic rings. The highest BCUT2D eigenvalue weighted by Gasteiger charge is 2.21. The van der Waals surface area contributed by atoms with E-state index in [4.69, 9.17) is 5.73 Å². The maximum atomic E-state index is 13.1. The van der Waals surface area contributed by atoms with Crippen LogP contribution in [0.5, 0.6) is 0 Å². The van der Waals surface area contributed by atoms with Gasteiger partial charge in [-0.1, -0.05) is 6.07 Å². The third-order valence-electron chi connectivity index (χ3n) is 2.37. The van der Waals surface area contributed by atoms with Crippen LogP contribution >= 0.6 is 23.7 Å². The molecule has 0 saturated heterocycles. The number of hydrogen-bond acceptors (Lipinski definition) is 4. The molecule has 0 spiro atoms. The van der Waals surface area contributed by atoms with E-state index in [9.17, 15) is 14.5 Å². The summed E-state index contributed by atoms with van der Waals surface area (Å²) in [5, 5.41) is 12.7. The van der Waals surface area contributed by atoms with Gasteiger partial charge in [-0.05, 0) is 23.6 Å². The van der Waals surface area contributed by atoms with Crippen molar-refractivity contribution in [3.63, 3.8) is 0 Å². The number of thiophene rings is 1. The minimum Gasteiger partial charge on any atom is -0.319 e. The molecule has 0 fully saturated rings. The summed E-state index contributed by atoms with van der Waals surface area (Å²) in [6.45, 7) is 0. The molecule has 0 bridgehead atoms. The smallest absolute Gasteiger partial charge is 0.274 e. The molecule has 1 aromatic carbocycles. The number of halogens is 2. The number of nitrogens with zero attached hydrogens (tertiary/aromatic N) is 1. The van der Waals surface area contributed by atoms with Crippen molar-refractivity contribution in [2.45, 2.75) is 6.04 Å². The SMILES string of the molecule is Cl.N[C@H](c1cccs1)c1cc(F)ccc1[N+](=O)[O-]. The van der Waals surface area contributed by atoms with E-state index in [0.29, 0.717) is 0 Å². The minimum atomic E-state index is -0.675. The van der Waals surface area contributed by atoms with Crippen molar-refractivity contribution in [1.82, 2.24) is 0 Å². The monoisotopic (exact) mass is 288 g/mol. The maximum Gasteiger partial charge on any atom is 0.274 e. The molecule has 0 aliphatic carbocycles. The molecule has 7 heteroatoms. The first-order valence-corrected chi connectivity index (χ1v) is 5.70. The largest absolute Gasteiger partial charge is 0.319 e. The van der Waals surface area contributed by atoms with Gasteiger partial charge in [0.05, 0.1) is 16.5 Å². The number of nitro benzene ring substituents is 1. The van der Waals surface area contributed by atoms with Crippen LogP contribution in [0.2, 0.25) is 0 Å². The predicted molar refractivity (Wildman–Crippen MR) is 70.7 cm³/mol. The number of benzene rings is 1. The summed E-state index contributed by atoms with van der Waals surface area (Å²) in [4.78, 5) is 11.0. The molecule has 4 nitrogen and oxygen atoms in total. The van der Waals surface area contributed by atoms with Gasteiger partial charge in [-0.15, -0.1) is 23.7 Å². The zero-order chi connectivity index (χ0) is 12.4. The summed E-state index contributed by atoms with van der Waals surface area (Å²) in [5.41, 5.74) is 5.94. The Hall–Kier alpha value is -1.50. The molecule has 0 unspecified atom stereocenters. The van der Waals surface area contributed by atoms with Gasteiger partial charge in [0.15, 0.2) is 0 Å². The van der Waals surface area contributed by atoms with Crippen molar-refractivity contribution in [1.29, 1.82) is 0 Å². The quantitative estimate of drug-likeness (QED) is 0.696. The van der Waals surface area contributed by atoms with Crippen LogP contribution in [-0.4, -0.2) is 4.92 Å². The number of nitrogens with two attached hydrogens (primary N) is 1. The van der Waals surface area contributed by atoms with Crippen LogP contribution in [0.1, 0.15) is 16.5 Å². The average Bonchev–Trinajstić information content (AvgIpc) is 2.80. The molecule has 96 valence electrons. The average molecular weight is 289 g/mol. The normalized spacial score (nSPS) is 11.7. The predicted octanol–water partition coefficient (Wildman–Crippen LogP) is 3.27. The Bertz CT molecular complexity index is 548. The lowest BCUT2D eigenvalue weighted by molar-refractivity contribution is -0.385. The van der Waals surface area contributed by atoms with Crippen LogP contribution in [-0.2, 0) is 0 Å². The first-order chi connectivity index (χ1) is 8.09. The van der Waals surface area contributed by atoms with E-state index < -0.39 is 16.8 Å². The molecule has 2 rings (SSSR count). The van der Waals surface area contributed by atoms with Gasteiger partial charge in [0, 0.05) is 10.9 Å². The summed E-state index contributed by atoms with van der Waals surface area (Å²) < 4.78 is 13.1. The Labute approximate surface area is 113 Å². The molecule has 0 saturated carbocycles. The van der Waals surface area contributed by atoms with Crippen molar-refractivity contribution in [3.8, 4) is 0 Å². The summed E-state index contributed by atoms with van der Waals surface area (Å²) in [6.07, 6.45) is 0. The number of nitro groups is 1. The van der Waals surface area contributed by atoms with Crippen LogP contribution in [0.15, 0.2) is 35.7 Å². The highest BCUT2D eigenvalue weighted by atomic mass is 35.5. The summed E-state index contributed by atoms with van der Waals surface area (Å²) >= 11 is 1.38. The second-order valence-electron chi connectivity index (χ2n) is 3.45. The van der Waals surface area contributed by atoms with Gasteiger partial charge in [-0.25, -0.2) is 4.39 Å². The number of hydrogen-bond donors (Lipinski definition) is 1. The fourth-order valence-electron chi connectivity index (χ4n) is 1.56. The van der Waals surface area contributed by atoms with Crippen LogP contribution < -0.4 is 5.73 Å². The highest BCUT2D eigenvalue weighted by molar-refractivity contribution is 7.10. The van der Waals surface area contributed by atoms with Gasteiger partial charge in [0.25, 0.3) is 5.69 Å². The third-order valence-corrected chi connectivity index (χ3v) is 3.33. The molecule has 1 aromatic heterocycles. The van der Waals surface area contributed by atoms with Gasteiger partial charge in [-0.3, -0.25) is 10.1 Å². The summed E-state index contributed by atoms with van der Waals surface area (Å²) in [7, 11) is 0. The van der Waals surface area contributed by atoms with Gasteiger partial charge in [0.1, 0.15) is 5.82 Å². The van der Waals surface area contributed by atoms with E-state index in [-0.39, 0.29) is 23.7 Å². The first kappa shape index (κ1) is 14.6. The lowest BCUT2D eigenvalue weighted by Gasteiger charge is -2.10. The zero-order valence-corrected chi connectivity index (χ0v) is 10.7. The minimum absolute atomic E-state index is 0. The second kappa shape index (κ2) is 5.90. The summed E-state index contributed by atoms with van der Waals surface area (Å²) in [5.74, 6) is -0.530. The van der Waals surface area contributed by atoms with Crippen molar-refractivity contribution in [2.24, 2.45) is 5.73 Å². The Morgan fingerprint density at radius 2 is 2.11 bits per heavy atom. The van der Waals surface area contributed by atoms with Gasteiger partial charge < -0.3 is 5.73 Å². The second-order valence-corrected chi connectivity index (χ2v) is 4.43. The Balaban J connectivity index is 0.00000162.